The SMILES string of the molecule is CC(C)(C(=O)NCc1ccc2c(c1)CN(C1CCC(=O)NC1=O)C2=O)c1ccccc1. The van der Waals surface area contributed by atoms with Gasteiger partial charge in [0, 0.05) is 25.1 Å². The lowest BCUT2D eigenvalue weighted by Gasteiger charge is -2.29. The molecular weight excluding hydrogens is 394 g/mol. The summed E-state index contributed by atoms with van der Waals surface area (Å²) in [5.74, 6) is -1.01. The molecule has 0 spiro atoms. The Labute approximate surface area is 180 Å². The fourth-order valence-electron chi connectivity index (χ4n) is 4.13. The summed E-state index contributed by atoms with van der Waals surface area (Å²) in [5, 5.41) is 5.29. The van der Waals surface area contributed by atoms with Crippen molar-refractivity contribution in [2.75, 3.05) is 0 Å². The van der Waals surface area contributed by atoms with Gasteiger partial charge in [0.05, 0.1) is 5.41 Å². The minimum Gasteiger partial charge on any atom is -0.351 e. The molecule has 0 bridgehead atoms. The predicted octanol–water partition coefficient (Wildman–Crippen LogP) is 2.04. The van der Waals surface area contributed by atoms with Crippen LogP contribution in [-0.2, 0) is 32.9 Å². The fraction of sp³-hybridized carbons (Fsp3) is 0.333. The van der Waals surface area contributed by atoms with Gasteiger partial charge in [0.15, 0.2) is 0 Å². The quantitative estimate of drug-likeness (QED) is 0.725. The highest BCUT2D eigenvalue weighted by atomic mass is 16.2. The van der Waals surface area contributed by atoms with E-state index in [-0.39, 0.29) is 24.1 Å². The van der Waals surface area contributed by atoms with E-state index >= 15 is 0 Å². The summed E-state index contributed by atoms with van der Waals surface area (Å²) in [7, 11) is 0. The van der Waals surface area contributed by atoms with Gasteiger partial charge in [0.2, 0.25) is 17.7 Å². The third-order valence-corrected chi connectivity index (χ3v) is 6.10. The number of carbonyl (C=O) groups excluding carboxylic acids is 4. The van der Waals surface area contributed by atoms with E-state index < -0.39 is 17.4 Å². The molecule has 2 N–H and O–H groups in total. The topological polar surface area (TPSA) is 95.6 Å². The third kappa shape index (κ3) is 3.95. The Balaban J connectivity index is 1.43. The van der Waals surface area contributed by atoms with Crippen LogP contribution in [0.2, 0.25) is 0 Å². The number of nitrogens with one attached hydrogen (secondary N) is 2. The molecule has 0 aromatic heterocycles. The Morgan fingerprint density at radius 3 is 2.58 bits per heavy atom. The molecule has 2 aromatic carbocycles. The van der Waals surface area contributed by atoms with Crippen LogP contribution in [0.1, 0.15) is 53.7 Å². The lowest BCUT2D eigenvalue weighted by molar-refractivity contribution is -0.137. The van der Waals surface area contributed by atoms with E-state index in [1.165, 1.54) is 4.90 Å². The third-order valence-electron chi connectivity index (χ3n) is 6.10. The van der Waals surface area contributed by atoms with E-state index in [2.05, 4.69) is 10.6 Å². The number of amides is 4. The van der Waals surface area contributed by atoms with Crippen LogP contribution in [0.3, 0.4) is 0 Å². The number of piperidine rings is 1. The maximum absolute atomic E-state index is 12.8. The van der Waals surface area contributed by atoms with Gasteiger partial charge in [-0.1, -0.05) is 42.5 Å². The van der Waals surface area contributed by atoms with Crippen LogP contribution in [0, 0.1) is 0 Å². The lowest BCUT2D eigenvalue weighted by Crippen LogP contribution is -2.52. The fourth-order valence-corrected chi connectivity index (χ4v) is 4.13. The molecule has 4 rings (SSSR count). The van der Waals surface area contributed by atoms with E-state index in [9.17, 15) is 19.2 Å². The van der Waals surface area contributed by atoms with E-state index in [0.29, 0.717) is 25.1 Å². The smallest absolute Gasteiger partial charge is 0.255 e. The van der Waals surface area contributed by atoms with Crippen molar-refractivity contribution in [2.45, 2.75) is 51.2 Å². The Morgan fingerprint density at radius 2 is 1.87 bits per heavy atom. The van der Waals surface area contributed by atoms with Crippen molar-refractivity contribution in [3.05, 3.63) is 70.8 Å². The number of fused-ring (bicyclic) bond motifs is 1. The maximum Gasteiger partial charge on any atom is 0.255 e. The summed E-state index contributed by atoms with van der Waals surface area (Å²) in [6.07, 6.45) is 0.562. The van der Waals surface area contributed by atoms with Crippen LogP contribution < -0.4 is 10.6 Å². The highest BCUT2D eigenvalue weighted by Crippen LogP contribution is 2.28. The zero-order chi connectivity index (χ0) is 22.2. The highest BCUT2D eigenvalue weighted by Gasteiger charge is 2.39. The van der Waals surface area contributed by atoms with E-state index in [4.69, 9.17) is 0 Å². The van der Waals surface area contributed by atoms with E-state index in [1.807, 2.05) is 56.3 Å². The Hall–Kier alpha value is -3.48. The predicted molar refractivity (Wildman–Crippen MR) is 114 cm³/mol. The lowest BCUT2D eigenvalue weighted by atomic mass is 9.83. The van der Waals surface area contributed by atoms with Gasteiger partial charge < -0.3 is 10.2 Å². The Kier molecular flexibility index (Phi) is 5.35. The first-order valence-corrected chi connectivity index (χ1v) is 10.4. The number of rotatable bonds is 5. The van der Waals surface area contributed by atoms with E-state index in [0.717, 1.165) is 16.7 Å². The molecule has 1 unspecified atom stereocenters. The number of imide groups is 1. The van der Waals surface area contributed by atoms with Gasteiger partial charge in [0.1, 0.15) is 6.04 Å². The van der Waals surface area contributed by atoms with Crippen molar-refractivity contribution >= 4 is 23.6 Å². The Bertz CT molecular complexity index is 1060. The van der Waals surface area contributed by atoms with Crippen LogP contribution in [0.4, 0.5) is 0 Å². The first-order chi connectivity index (χ1) is 14.8. The number of carbonyl (C=O) groups is 4. The number of benzene rings is 2. The van der Waals surface area contributed by atoms with Gasteiger partial charge in [-0.25, -0.2) is 0 Å². The van der Waals surface area contributed by atoms with Crippen molar-refractivity contribution in [3.8, 4) is 0 Å². The van der Waals surface area contributed by atoms with Crippen molar-refractivity contribution in [1.82, 2.24) is 15.5 Å². The average Bonchev–Trinajstić information content (AvgIpc) is 3.08. The highest BCUT2D eigenvalue weighted by molar-refractivity contribution is 6.05. The number of hydrogen-bond donors (Lipinski definition) is 2. The van der Waals surface area contributed by atoms with Gasteiger partial charge in [-0.05, 0) is 43.0 Å². The van der Waals surface area contributed by atoms with Crippen LogP contribution >= 0.6 is 0 Å². The van der Waals surface area contributed by atoms with Crippen molar-refractivity contribution in [1.29, 1.82) is 0 Å². The molecule has 0 radical (unpaired) electrons. The molecule has 2 heterocycles. The summed E-state index contributed by atoms with van der Waals surface area (Å²) in [6.45, 7) is 4.43. The molecular formula is C24H25N3O4. The molecule has 4 amide bonds. The van der Waals surface area contributed by atoms with Gasteiger partial charge in [0.25, 0.3) is 5.91 Å². The molecule has 0 saturated carbocycles. The molecule has 7 heteroatoms. The van der Waals surface area contributed by atoms with Crippen LogP contribution in [-0.4, -0.2) is 34.6 Å². The molecule has 1 saturated heterocycles. The summed E-state index contributed by atoms with van der Waals surface area (Å²) in [6, 6.07) is 14.4. The number of hydrogen-bond acceptors (Lipinski definition) is 4. The minimum absolute atomic E-state index is 0.0829. The normalized spacial score (nSPS) is 18.6. The first-order valence-electron chi connectivity index (χ1n) is 10.4. The summed E-state index contributed by atoms with van der Waals surface area (Å²) >= 11 is 0. The average molecular weight is 419 g/mol. The number of nitrogens with zero attached hydrogens (tertiary/aromatic N) is 1. The van der Waals surface area contributed by atoms with Gasteiger partial charge in [-0.3, -0.25) is 24.5 Å². The minimum atomic E-state index is -0.670. The van der Waals surface area contributed by atoms with Crippen molar-refractivity contribution < 1.29 is 19.2 Å². The summed E-state index contributed by atoms with van der Waals surface area (Å²) in [5.41, 5.74) is 2.53. The largest absolute Gasteiger partial charge is 0.351 e. The summed E-state index contributed by atoms with van der Waals surface area (Å²) < 4.78 is 0. The molecule has 1 atom stereocenters. The first kappa shape index (κ1) is 20.8. The molecule has 31 heavy (non-hydrogen) atoms. The van der Waals surface area contributed by atoms with Gasteiger partial charge in [-0.2, -0.15) is 0 Å². The molecule has 160 valence electrons. The molecule has 2 aliphatic heterocycles. The molecule has 7 nitrogen and oxygen atoms in total. The molecule has 1 fully saturated rings. The summed E-state index contributed by atoms with van der Waals surface area (Å²) in [4.78, 5) is 50.7. The van der Waals surface area contributed by atoms with Gasteiger partial charge in [-0.15, -0.1) is 0 Å². The molecule has 0 aliphatic carbocycles. The van der Waals surface area contributed by atoms with Gasteiger partial charge >= 0.3 is 0 Å². The molecule has 2 aliphatic rings. The standard InChI is InChI=1S/C24H25N3O4/c1-24(2,17-6-4-3-5-7-17)23(31)25-13-15-8-9-18-16(12-15)14-27(22(18)30)19-10-11-20(28)26-21(19)29/h3-9,12,19H,10-11,13-14H2,1-2H3,(H,25,31)(H,26,28,29). The second-order valence-electron chi connectivity index (χ2n) is 8.57. The monoisotopic (exact) mass is 419 g/mol. The molecule has 2 aromatic rings. The van der Waals surface area contributed by atoms with Crippen LogP contribution in [0.5, 0.6) is 0 Å². The van der Waals surface area contributed by atoms with Crippen molar-refractivity contribution in [3.63, 3.8) is 0 Å². The Morgan fingerprint density at radius 1 is 1.13 bits per heavy atom. The van der Waals surface area contributed by atoms with E-state index in [1.54, 1.807) is 6.07 Å². The van der Waals surface area contributed by atoms with Crippen LogP contribution in [0.15, 0.2) is 48.5 Å². The second kappa shape index (κ2) is 7.98. The second-order valence-corrected chi connectivity index (χ2v) is 8.57. The zero-order valence-corrected chi connectivity index (χ0v) is 17.6. The zero-order valence-electron chi connectivity index (χ0n) is 17.6. The van der Waals surface area contributed by atoms with Crippen LogP contribution in [0.25, 0.3) is 0 Å². The maximum atomic E-state index is 12.8. The van der Waals surface area contributed by atoms with Crippen molar-refractivity contribution in [2.24, 2.45) is 0 Å².